The van der Waals surface area contributed by atoms with Crippen LogP contribution in [0.4, 0.5) is 15.3 Å². The van der Waals surface area contributed by atoms with Gasteiger partial charge in [0.2, 0.25) is 0 Å². The summed E-state index contributed by atoms with van der Waals surface area (Å²) in [5.41, 5.74) is 0.231. The lowest BCUT2D eigenvalue weighted by Crippen LogP contribution is -2.35. The number of ether oxygens (including phenoxy) is 2. The van der Waals surface area contributed by atoms with E-state index in [-0.39, 0.29) is 28.3 Å². The molecule has 25 heavy (non-hydrogen) atoms. The van der Waals surface area contributed by atoms with Crippen LogP contribution in [-0.2, 0) is 9.47 Å². The van der Waals surface area contributed by atoms with Crippen LogP contribution in [0, 0.1) is 10.1 Å². The molecule has 0 saturated carbocycles. The second kappa shape index (κ2) is 6.99. The van der Waals surface area contributed by atoms with E-state index in [9.17, 15) is 19.7 Å². The summed E-state index contributed by atoms with van der Waals surface area (Å²) in [6.45, 7) is 3.06. The molecule has 0 aliphatic carbocycles. The Morgan fingerprint density at radius 1 is 1.28 bits per heavy atom. The lowest BCUT2D eigenvalue weighted by Gasteiger charge is -2.29. The van der Waals surface area contributed by atoms with Crippen LogP contribution in [0.5, 0.6) is 0 Å². The van der Waals surface area contributed by atoms with E-state index in [4.69, 9.17) is 19.7 Å². The number of hydrogen-bond acceptors (Lipinski definition) is 7. The Bertz CT molecular complexity index is 798. The molecule has 0 amide bonds. The molecule has 0 saturated heterocycles. The number of aliphatic imine (C=N–C) groups is 1. The Morgan fingerprint density at radius 3 is 2.52 bits per heavy atom. The van der Waals surface area contributed by atoms with Gasteiger partial charge in [-0.25, -0.2) is 9.59 Å². The summed E-state index contributed by atoms with van der Waals surface area (Å²) < 4.78 is 9.59. The quantitative estimate of drug-likeness (QED) is 0.478. The predicted octanol–water partition coefficient (Wildman–Crippen LogP) is 2.93. The van der Waals surface area contributed by atoms with Crippen LogP contribution in [0.15, 0.2) is 35.0 Å². The molecule has 0 aromatic heterocycles. The lowest BCUT2D eigenvalue weighted by molar-refractivity contribution is -0.384. The van der Waals surface area contributed by atoms with Gasteiger partial charge in [-0.3, -0.25) is 15.1 Å². The van der Waals surface area contributed by atoms with E-state index in [0.29, 0.717) is 0 Å². The number of dihydropyridines is 1. The highest BCUT2D eigenvalue weighted by molar-refractivity contribution is 6.06. The van der Waals surface area contributed by atoms with Crippen LogP contribution >= 0.6 is 0 Å². The topological polar surface area (TPSA) is 149 Å². The minimum absolute atomic E-state index is 0.0634. The fourth-order valence-electron chi connectivity index (χ4n) is 2.56. The standard InChI is InChI=1S/C15H14N2O8/c1-7-12(24-14(18)19)11(13(8(2)16-7)25-15(20)21)9-4-3-5-10(6-9)17(22)23/h3-7,12H,1-2H3,(H,18,19)(H,20,21). The molecule has 10 heteroatoms. The molecule has 2 N–H and O–H groups in total. The van der Waals surface area contributed by atoms with Gasteiger partial charge in [0, 0.05) is 17.7 Å². The first-order valence-corrected chi connectivity index (χ1v) is 7.04. The number of benzene rings is 1. The first kappa shape index (κ1) is 17.9. The van der Waals surface area contributed by atoms with Crippen molar-refractivity contribution in [3.8, 4) is 0 Å². The first-order chi connectivity index (χ1) is 11.7. The number of carbonyl (C=O) groups is 2. The molecule has 0 fully saturated rings. The molecule has 1 heterocycles. The molecule has 1 aliphatic rings. The highest BCUT2D eigenvalue weighted by atomic mass is 16.7. The van der Waals surface area contributed by atoms with Gasteiger partial charge in [-0.15, -0.1) is 0 Å². The van der Waals surface area contributed by atoms with Gasteiger partial charge in [-0.05, 0) is 19.4 Å². The SMILES string of the molecule is CC1=NC(C)C(OC(=O)O)C(c2cccc([N+](=O)[O-])c2)=C1OC(=O)O. The van der Waals surface area contributed by atoms with Crippen molar-refractivity contribution in [3.05, 3.63) is 45.7 Å². The van der Waals surface area contributed by atoms with Crippen molar-refractivity contribution in [2.24, 2.45) is 4.99 Å². The average Bonchev–Trinajstić information content (AvgIpc) is 2.51. The van der Waals surface area contributed by atoms with Gasteiger partial charge in [-0.2, -0.15) is 0 Å². The Kier molecular flexibility index (Phi) is 5.01. The van der Waals surface area contributed by atoms with Crippen molar-refractivity contribution < 1.29 is 34.2 Å². The van der Waals surface area contributed by atoms with E-state index in [1.165, 1.54) is 31.2 Å². The van der Waals surface area contributed by atoms with Gasteiger partial charge in [0.1, 0.15) is 0 Å². The van der Waals surface area contributed by atoms with Crippen molar-refractivity contribution in [2.45, 2.75) is 26.0 Å². The Balaban J connectivity index is 2.69. The highest BCUT2D eigenvalue weighted by Crippen LogP contribution is 2.34. The maximum absolute atomic E-state index is 11.0. The Labute approximate surface area is 141 Å². The van der Waals surface area contributed by atoms with E-state index in [2.05, 4.69) is 4.99 Å². The van der Waals surface area contributed by atoms with Gasteiger partial charge < -0.3 is 19.7 Å². The third-order valence-electron chi connectivity index (χ3n) is 3.48. The molecule has 132 valence electrons. The maximum atomic E-state index is 11.0. The molecule has 10 nitrogen and oxygen atoms in total. The minimum Gasteiger partial charge on any atom is -0.450 e. The van der Waals surface area contributed by atoms with Gasteiger partial charge in [0.15, 0.2) is 11.9 Å². The predicted molar refractivity (Wildman–Crippen MR) is 84.6 cm³/mol. The van der Waals surface area contributed by atoms with E-state index in [1.54, 1.807) is 6.92 Å². The lowest BCUT2D eigenvalue weighted by atomic mass is 9.91. The molecular formula is C15H14N2O8. The first-order valence-electron chi connectivity index (χ1n) is 7.04. The Hall–Kier alpha value is -3.43. The van der Waals surface area contributed by atoms with Crippen molar-refractivity contribution in [1.82, 2.24) is 0 Å². The zero-order valence-electron chi connectivity index (χ0n) is 13.2. The van der Waals surface area contributed by atoms with Crippen LogP contribution in [0.1, 0.15) is 19.4 Å². The van der Waals surface area contributed by atoms with Gasteiger partial charge in [0.25, 0.3) is 5.69 Å². The molecule has 1 aliphatic heterocycles. The van der Waals surface area contributed by atoms with E-state index in [1.807, 2.05) is 0 Å². The summed E-state index contributed by atoms with van der Waals surface area (Å²) in [5, 5.41) is 28.9. The molecule has 2 unspecified atom stereocenters. The minimum atomic E-state index is -1.63. The Morgan fingerprint density at radius 2 is 1.96 bits per heavy atom. The molecule has 0 radical (unpaired) electrons. The van der Waals surface area contributed by atoms with Gasteiger partial charge >= 0.3 is 12.3 Å². The highest BCUT2D eigenvalue weighted by Gasteiger charge is 2.36. The third kappa shape index (κ3) is 3.91. The number of rotatable bonds is 4. The van der Waals surface area contributed by atoms with Crippen molar-refractivity contribution in [3.63, 3.8) is 0 Å². The number of hydrogen-bond donors (Lipinski definition) is 2. The second-order valence-electron chi connectivity index (χ2n) is 5.18. The summed E-state index contributed by atoms with van der Waals surface area (Å²) >= 11 is 0. The van der Waals surface area contributed by atoms with E-state index < -0.39 is 29.4 Å². The second-order valence-corrected chi connectivity index (χ2v) is 5.18. The van der Waals surface area contributed by atoms with Gasteiger partial charge in [-0.1, -0.05) is 12.1 Å². The largest absolute Gasteiger partial charge is 0.511 e. The van der Waals surface area contributed by atoms with Crippen molar-refractivity contribution in [1.29, 1.82) is 0 Å². The van der Waals surface area contributed by atoms with E-state index >= 15 is 0 Å². The summed E-state index contributed by atoms with van der Waals surface area (Å²) in [7, 11) is 0. The van der Waals surface area contributed by atoms with Crippen LogP contribution in [0.2, 0.25) is 0 Å². The molecular weight excluding hydrogens is 336 g/mol. The smallest absolute Gasteiger partial charge is 0.450 e. The third-order valence-corrected chi connectivity index (χ3v) is 3.48. The van der Waals surface area contributed by atoms with Crippen LogP contribution < -0.4 is 0 Å². The molecule has 2 atom stereocenters. The molecule has 1 aromatic carbocycles. The maximum Gasteiger partial charge on any atom is 0.511 e. The molecule has 0 spiro atoms. The van der Waals surface area contributed by atoms with Crippen LogP contribution in [0.3, 0.4) is 0 Å². The molecule has 0 bridgehead atoms. The fourth-order valence-corrected chi connectivity index (χ4v) is 2.56. The van der Waals surface area contributed by atoms with Crippen molar-refractivity contribution in [2.75, 3.05) is 0 Å². The average molecular weight is 350 g/mol. The summed E-state index contributed by atoms with van der Waals surface area (Å²) in [6, 6.07) is 4.62. The summed E-state index contributed by atoms with van der Waals surface area (Å²) in [5.74, 6) is -0.211. The number of nitro groups is 1. The number of carboxylic acid groups (broad SMARTS) is 2. The normalized spacial score (nSPS) is 19.8. The van der Waals surface area contributed by atoms with Gasteiger partial charge in [0.05, 0.1) is 16.7 Å². The van der Waals surface area contributed by atoms with Crippen LogP contribution in [-0.4, -0.2) is 45.3 Å². The number of allylic oxidation sites excluding steroid dienone is 1. The van der Waals surface area contributed by atoms with Crippen molar-refractivity contribution >= 4 is 29.3 Å². The zero-order valence-corrected chi connectivity index (χ0v) is 13.2. The summed E-state index contributed by atoms with van der Waals surface area (Å²) in [4.78, 5) is 36.5. The molecule has 1 aromatic rings. The summed E-state index contributed by atoms with van der Waals surface area (Å²) in [6.07, 6.45) is -4.40. The number of nitro benzene ring substituents is 1. The fraction of sp³-hybridized carbons (Fsp3) is 0.267. The van der Waals surface area contributed by atoms with E-state index in [0.717, 1.165) is 0 Å². The monoisotopic (exact) mass is 350 g/mol. The number of nitrogens with zero attached hydrogens (tertiary/aromatic N) is 2. The zero-order chi connectivity index (χ0) is 18.7. The number of non-ortho nitro benzene ring substituents is 1. The van der Waals surface area contributed by atoms with Crippen LogP contribution in [0.25, 0.3) is 5.57 Å². The molecule has 2 rings (SSSR count).